The molecule has 0 spiro atoms. The minimum absolute atomic E-state index is 0.830. The van der Waals surface area contributed by atoms with Gasteiger partial charge in [0.25, 0.3) is 11.5 Å². The molecule has 6 rings (SSSR count). The molecule has 0 unspecified atom stereocenters. The van der Waals surface area contributed by atoms with Gasteiger partial charge in [-0.2, -0.15) is 4.40 Å². The molecular weight excluding hydrogens is 308 g/mol. The maximum Gasteiger partial charge on any atom is 0.298 e. The van der Waals surface area contributed by atoms with Crippen LogP contribution < -0.4 is 4.57 Å². The minimum Gasteiger partial charge on any atom is -0.270 e. The molecule has 0 atom stereocenters. The van der Waals surface area contributed by atoms with Crippen LogP contribution >= 0.6 is 0 Å². The molecule has 1 aliphatic rings. The monoisotopic (exact) mass is 323 g/mol. The molecule has 3 aromatic heterocycles. The van der Waals surface area contributed by atoms with Crippen molar-refractivity contribution >= 4 is 16.7 Å². The predicted molar refractivity (Wildman–Crippen MR) is 96.8 cm³/mol. The molecule has 5 aromatic rings. The lowest BCUT2D eigenvalue weighted by Crippen LogP contribution is -2.30. The first-order valence-corrected chi connectivity index (χ1v) is 8.46. The van der Waals surface area contributed by atoms with Crippen LogP contribution in [-0.2, 0) is 6.54 Å². The Balaban J connectivity index is 1.81. The average molecular weight is 323 g/mol. The van der Waals surface area contributed by atoms with Crippen LogP contribution in [0.15, 0.2) is 79.1 Å². The second-order valence-electron chi connectivity index (χ2n) is 6.43. The van der Waals surface area contributed by atoms with Crippen LogP contribution in [-0.4, -0.2) is 14.0 Å². The number of nitrogens with zero attached hydrogens (tertiary/aromatic N) is 4. The summed E-state index contributed by atoms with van der Waals surface area (Å²) < 4.78 is 6.99. The Bertz CT molecular complexity index is 1260. The maximum atomic E-state index is 4.56. The van der Waals surface area contributed by atoms with Crippen LogP contribution in [0, 0.1) is 0 Å². The smallest absolute Gasteiger partial charge is 0.270 e. The summed E-state index contributed by atoms with van der Waals surface area (Å²) in [6, 6.07) is 23.3. The van der Waals surface area contributed by atoms with Crippen LogP contribution in [0.2, 0.25) is 0 Å². The standard InChI is InChI=1S/C21H15N4/c1-2-7-15(8-3-1)24-18-10-4-5-11-19(18)25-20(24)14-23-13-17-16(21(23)25)9-6-12-22-17/h1-12,14H,13H2/q+1. The van der Waals surface area contributed by atoms with Gasteiger partial charge in [-0.05, 0) is 36.4 Å². The zero-order valence-corrected chi connectivity index (χ0v) is 13.5. The highest BCUT2D eigenvalue weighted by molar-refractivity contribution is 5.86. The predicted octanol–water partition coefficient (Wildman–Crippen LogP) is 3.59. The van der Waals surface area contributed by atoms with E-state index in [1.807, 2.05) is 12.3 Å². The molecule has 0 saturated heterocycles. The van der Waals surface area contributed by atoms with E-state index in [1.54, 1.807) is 0 Å². The molecule has 4 nitrogen and oxygen atoms in total. The van der Waals surface area contributed by atoms with Crippen LogP contribution in [0.5, 0.6) is 0 Å². The average Bonchev–Trinajstić information content (AvgIpc) is 3.28. The van der Waals surface area contributed by atoms with Crippen LogP contribution in [0.3, 0.4) is 0 Å². The van der Waals surface area contributed by atoms with Crippen molar-refractivity contribution in [3.63, 3.8) is 0 Å². The Kier molecular flexibility index (Phi) is 2.37. The van der Waals surface area contributed by atoms with E-state index in [2.05, 4.69) is 85.4 Å². The summed E-state index contributed by atoms with van der Waals surface area (Å²) in [5.41, 5.74) is 7.15. The number of rotatable bonds is 1. The Labute approximate surface area is 144 Å². The Morgan fingerprint density at radius 1 is 0.840 bits per heavy atom. The van der Waals surface area contributed by atoms with Crippen molar-refractivity contribution in [3.8, 4) is 17.1 Å². The largest absolute Gasteiger partial charge is 0.298 e. The molecule has 0 amide bonds. The lowest BCUT2D eigenvalue weighted by atomic mass is 10.2. The van der Waals surface area contributed by atoms with Gasteiger partial charge in [-0.25, -0.2) is 4.57 Å². The minimum atomic E-state index is 0.830. The van der Waals surface area contributed by atoms with Gasteiger partial charge < -0.3 is 0 Å². The van der Waals surface area contributed by atoms with Crippen LogP contribution in [0.1, 0.15) is 5.69 Å². The lowest BCUT2D eigenvalue weighted by molar-refractivity contribution is -0.670. The Morgan fingerprint density at radius 3 is 2.52 bits per heavy atom. The second-order valence-corrected chi connectivity index (χ2v) is 6.43. The fourth-order valence-electron chi connectivity index (χ4n) is 4.03. The van der Waals surface area contributed by atoms with Gasteiger partial charge >= 0.3 is 0 Å². The third-order valence-corrected chi connectivity index (χ3v) is 5.04. The normalized spacial score (nSPS) is 12.6. The molecule has 0 radical (unpaired) electrons. The number of fused-ring (bicyclic) bond motifs is 7. The summed E-state index contributed by atoms with van der Waals surface area (Å²) in [6.45, 7) is 0.830. The van der Waals surface area contributed by atoms with E-state index < -0.39 is 0 Å². The summed E-state index contributed by atoms with van der Waals surface area (Å²) in [7, 11) is 0. The van der Waals surface area contributed by atoms with Crippen molar-refractivity contribution in [1.29, 1.82) is 0 Å². The third kappa shape index (κ3) is 1.61. The number of para-hydroxylation sites is 3. The number of pyridine rings is 1. The molecule has 4 heteroatoms. The van der Waals surface area contributed by atoms with E-state index in [0.717, 1.165) is 12.2 Å². The van der Waals surface area contributed by atoms with E-state index in [-0.39, 0.29) is 0 Å². The molecule has 25 heavy (non-hydrogen) atoms. The molecule has 4 heterocycles. The van der Waals surface area contributed by atoms with Gasteiger partial charge in [0.2, 0.25) is 0 Å². The van der Waals surface area contributed by atoms with E-state index in [1.165, 1.54) is 33.8 Å². The first kappa shape index (κ1) is 13.0. The van der Waals surface area contributed by atoms with Crippen molar-refractivity contribution in [3.05, 3.63) is 84.8 Å². The molecule has 0 N–H and O–H groups in total. The van der Waals surface area contributed by atoms with Gasteiger partial charge in [0.1, 0.15) is 6.54 Å². The van der Waals surface area contributed by atoms with Crippen molar-refractivity contribution in [2.24, 2.45) is 0 Å². The number of aromatic nitrogens is 4. The first-order valence-electron chi connectivity index (χ1n) is 8.46. The highest BCUT2D eigenvalue weighted by Crippen LogP contribution is 2.32. The summed E-state index contributed by atoms with van der Waals surface area (Å²) in [4.78, 5) is 4.56. The summed E-state index contributed by atoms with van der Waals surface area (Å²) in [5.74, 6) is 1.21. The van der Waals surface area contributed by atoms with Crippen molar-refractivity contribution in [2.75, 3.05) is 0 Å². The lowest BCUT2D eigenvalue weighted by Gasteiger charge is -2.02. The van der Waals surface area contributed by atoms with E-state index in [4.69, 9.17) is 0 Å². The first-order chi connectivity index (χ1) is 12.4. The highest BCUT2D eigenvalue weighted by atomic mass is 15.2. The molecule has 0 aliphatic carbocycles. The highest BCUT2D eigenvalue weighted by Gasteiger charge is 2.34. The van der Waals surface area contributed by atoms with Gasteiger partial charge in [-0.3, -0.25) is 9.55 Å². The molecule has 0 bridgehead atoms. The fraction of sp³-hybridized carbons (Fsp3) is 0.0476. The zero-order valence-electron chi connectivity index (χ0n) is 13.5. The number of hydrogen-bond donors (Lipinski definition) is 0. The topological polar surface area (TPSA) is 26.1 Å². The quantitative estimate of drug-likeness (QED) is 0.425. The van der Waals surface area contributed by atoms with Gasteiger partial charge in [0, 0.05) is 11.9 Å². The summed E-state index contributed by atoms with van der Waals surface area (Å²) >= 11 is 0. The molecular formula is C21H15N4+. The molecule has 0 saturated carbocycles. The number of imidazole rings is 2. The van der Waals surface area contributed by atoms with Crippen molar-refractivity contribution in [1.82, 2.24) is 14.0 Å². The van der Waals surface area contributed by atoms with E-state index in [0.29, 0.717) is 0 Å². The Hall–Kier alpha value is -3.40. The van der Waals surface area contributed by atoms with Crippen molar-refractivity contribution < 1.29 is 4.57 Å². The van der Waals surface area contributed by atoms with Crippen LogP contribution in [0.4, 0.5) is 0 Å². The summed E-state index contributed by atoms with van der Waals surface area (Å²) in [6.07, 6.45) is 4.12. The molecule has 118 valence electrons. The SMILES string of the molecule is c1ccc(-n2c3ccccc3n3c4[n+](cc23)Cc2ncccc2-4)cc1. The van der Waals surface area contributed by atoms with Gasteiger partial charge in [-0.15, -0.1) is 0 Å². The number of hydrogen-bond acceptors (Lipinski definition) is 1. The molecule has 0 fully saturated rings. The second kappa shape index (κ2) is 4.57. The molecule has 2 aromatic carbocycles. The number of benzene rings is 2. The van der Waals surface area contributed by atoms with Gasteiger partial charge in [0.05, 0.1) is 16.8 Å². The zero-order chi connectivity index (χ0) is 16.4. The van der Waals surface area contributed by atoms with E-state index in [9.17, 15) is 0 Å². The van der Waals surface area contributed by atoms with Crippen molar-refractivity contribution in [2.45, 2.75) is 6.54 Å². The Morgan fingerprint density at radius 2 is 1.64 bits per heavy atom. The van der Waals surface area contributed by atoms with Gasteiger partial charge in [0.15, 0.2) is 11.7 Å². The molecule has 1 aliphatic heterocycles. The fourth-order valence-corrected chi connectivity index (χ4v) is 4.03. The van der Waals surface area contributed by atoms with Crippen LogP contribution in [0.25, 0.3) is 33.8 Å². The van der Waals surface area contributed by atoms with Gasteiger partial charge in [-0.1, -0.05) is 30.3 Å². The summed E-state index contributed by atoms with van der Waals surface area (Å²) in [5, 5.41) is 0. The van der Waals surface area contributed by atoms with E-state index >= 15 is 0 Å². The third-order valence-electron chi connectivity index (χ3n) is 5.04. The maximum absolute atomic E-state index is 4.56.